The van der Waals surface area contributed by atoms with Crippen LogP contribution in [0.3, 0.4) is 0 Å². The summed E-state index contributed by atoms with van der Waals surface area (Å²) in [6.45, 7) is -0.0719. The molecule has 0 saturated carbocycles. The number of rotatable bonds is 12. The van der Waals surface area contributed by atoms with Crippen molar-refractivity contribution < 1.29 is 23.9 Å². The molecule has 1 heterocycles. The Morgan fingerprint density at radius 2 is 1.68 bits per heavy atom. The highest BCUT2D eigenvalue weighted by Crippen LogP contribution is 2.12. The van der Waals surface area contributed by atoms with Gasteiger partial charge in [-0.1, -0.05) is 48.5 Å². The van der Waals surface area contributed by atoms with E-state index in [0.717, 1.165) is 5.56 Å². The first-order valence-electron chi connectivity index (χ1n) is 12.4. The Morgan fingerprint density at radius 3 is 2.38 bits per heavy atom. The summed E-state index contributed by atoms with van der Waals surface area (Å²) in [6, 6.07) is 24.2. The highest BCUT2D eigenvalue weighted by Gasteiger charge is 2.22. The molecule has 3 amide bonds. The van der Waals surface area contributed by atoms with Crippen LogP contribution in [0, 0.1) is 0 Å². The lowest BCUT2D eigenvalue weighted by Crippen LogP contribution is -2.47. The molecule has 4 aromatic rings. The highest BCUT2D eigenvalue weighted by atomic mass is 16.5. The molecular weight excluding hydrogens is 512 g/mol. The third-order valence-electron chi connectivity index (χ3n) is 5.50. The summed E-state index contributed by atoms with van der Waals surface area (Å²) >= 11 is 0. The number of H-pyrrole nitrogens is 1. The number of hydrogen-bond donors (Lipinski definition) is 4. The number of hydrogen-bond acceptors (Lipinski definition) is 7. The number of aromatic amines is 1. The molecule has 11 heteroatoms. The molecule has 204 valence electrons. The standard InChI is InChI=1S/C29H28N6O5/c36-27(33-23-9-5-2-6-10-23)19-39-25-13-11-21(12-14-25)16-32-35-28(37)26(15-24-17-30-20-31-24)34-29(38)40-18-22-7-3-1-4-8-22/h1-14,16-17,20,26H,15,18-19H2,(H,30,31)(H,33,36)(H,34,38)(H,35,37)/b32-16-/t26-/m0/s1. The maximum absolute atomic E-state index is 12.8. The zero-order valence-corrected chi connectivity index (χ0v) is 21.4. The molecule has 11 nitrogen and oxygen atoms in total. The minimum absolute atomic E-state index is 0.0701. The van der Waals surface area contributed by atoms with Crippen molar-refractivity contribution >= 4 is 29.8 Å². The number of nitrogens with zero attached hydrogens (tertiary/aromatic N) is 2. The van der Waals surface area contributed by atoms with E-state index in [1.54, 1.807) is 42.6 Å². The summed E-state index contributed by atoms with van der Waals surface area (Å²) in [6.07, 6.45) is 3.92. The Morgan fingerprint density at radius 1 is 0.950 bits per heavy atom. The average Bonchev–Trinajstić information content (AvgIpc) is 3.50. The Balaban J connectivity index is 1.26. The lowest BCUT2D eigenvalue weighted by atomic mass is 10.1. The van der Waals surface area contributed by atoms with E-state index in [-0.39, 0.29) is 25.5 Å². The van der Waals surface area contributed by atoms with Gasteiger partial charge in [-0.05, 0) is 47.5 Å². The van der Waals surface area contributed by atoms with Crippen LogP contribution < -0.4 is 20.8 Å². The van der Waals surface area contributed by atoms with Crippen LogP contribution in [0.5, 0.6) is 5.75 Å². The van der Waals surface area contributed by atoms with E-state index in [1.807, 2.05) is 48.5 Å². The highest BCUT2D eigenvalue weighted by molar-refractivity contribution is 5.92. The number of imidazole rings is 1. The fourth-order valence-electron chi connectivity index (χ4n) is 3.50. The Hall–Kier alpha value is -5.45. The summed E-state index contributed by atoms with van der Waals surface area (Å²) in [5.74, 6) is -0.309. The molecule has 1 aromatic heterocycles. The number of ether oxygens (including phenoxy) is 2. The second kappa shape index (κ2) is 14.5. The number of nitrogens with one attached hydrogen (secondary N) is 4. The molecule has 0 aliphatic rings. The first-order valence-corrected chi connectivity index (χ1v) is 12.4. The number of carbonyl (C=O) groups excluding carboxylic acids is 3. The zero-order chi connectivity index (χ0) is 28.0. The quantitative estimate of drug-likeness (QED) is 0.160. The van der Waals surface area contributed by atoms with Gasteiger partial charge in [-0.25, -0.2) is 15.2 Å². The van der Waals surface area contributed by atoms with E-state index >= 15 is 0 Å². The number of alkyl carbamates (subject to hydrolysis) is 1. The number of para-hydroxylation sites is 1. The minimum atomic E-state index is -0.960. The molecule has 1 atom stereocenters. The van der Waals surface area contributed by atoms with Gasteiger partial charge < -0.3 is 25.1 Å². The molecule has 40 heavy (non-hydrogen) atoms. The van der Waals surface area contributed by atoms with Crippen molar-refractivity contribution in [1.82, 2.24) is 20.7 Å². The van der Waals surface area contributed by atoms with Gasteiger partial charge in [-0.2, -0.15) is 5.10 Å². The van der Waals surface area contributed by atoms with Gasteiger partial charge in [0.15, 0.2) is 6.61 Å². The Labute approximate surface area is 230 Å². The van der Waals surface area contributed by atoms with E-state index in [4.69, 9.17) is 9.47 Å². The summed E-state index contributed by atoms with van der Waals surface area (Å²) in [7, 11) is 0. The SMILES string of the molecule is O=C(COc1ccc(/C=N\NC(=O)[C@H](Cc2cnc[nH]2)NC(=O)OCc2ccccc2)cc1)Nc1ccccc1. The minimum Gasteiger partial charge on any atom is -0.484 e. The normalized spacial score (nSPS) is 11.4. The lowest BCUT2D eigenvalue weighted by Gasteiger charge is -2.16. The molecule has 4 N–H and O–H groups in total. The molecule has 0 unspecified atom stereocenters. The predicted molar refractivity (Wildman–Crippen MR) is 149 cm³/mol. The van der Waals surface area contributed by atoms with Gasteiger partial charge >= 0.3 is 6.09 Å². The first kappa shape index (κ1) is 27.6. The van der Waals surface area contributed by atoms with Crippen LogP contribution in [0.2, 0.25) is 0 Å². The molecule has 0 spiro atoms. The molecule has 0 bridgehead atoms. The third kappa shape index (κ3) is 9.14. The van der Waals surface area contributed by atoms with E-state index in [0.29, 0.717) is 22.7 Å². The molecule has 4 rings (SSSR count). The smallest absolute Gasteiger partial charge is 0.408 e. The summed E-state index contributed by atoms with van der Waals surface area (Å²) in [4.78, 5) is 44.1. The van der Waals surface area contributed by atoms with E-state index in [9.17, 15) is 14.4 Å². The van der Waals surface area contributed by atoms with E-state index in [1.165, 1.54) is 12.5 Å². The van der Waals surface area contributed by atoms with Gasteiger partial charge in [0.05, 0.1) is 12.5 Å². The van der Waals surface area contributed by atoms with Crippen molar-refractivity contribution in [2.75, 3.05) is 11.9 Å². The summed E-state index contributed by atoms with van der Waals surface area (Å²) in [5.41, 5.74) is 5.29. The van der Waals surface area contributed by atoms with Gasteiger partial charge in [-0.15, -0.1) is 0 Å². The van der Waals surface area contributed by atoms with Crippen LogP contribution in [-0.4, -0.2) is 46.7 Å². The molecule has 3 aromatic carbocycles. The predicted octanol–water partition coefficient (Wildman–Crippen LogP) is 3.42. The molecule has 0 aliphatic heterocycles. The number of hydrazone groups is 1. The monoisotopic (exact) mass is 540 g/mol. The molecule has 0 aliphatic carbocycles. The largest absolute Gasteiger partial charge is 0.484 e. The Kier molecular flexibility index (Phi) is 9.98. The molecular formula is C29H28N6O5. The van der Waals surface area contributed by atoms with Crippen LogP contribution >= 0.6 is 0 Å². The molecule has 0 saturated heterocycles. The van der Waals surface area contributed by atoms with Crippen molar-refractivity contribution in [2.24, 2.45) is 5.10 Å². The second-order valence-electron chi connectivity index (χ2n) is 8.55. The fraction of sp³-hybridized carbons (Fsp3) is 0.138. The maximum atomic E-state index is 12.8. The topological polar surface area (TPSA) is 147 Å². The number of carbonyl (C=O) groups is 3. The van der Waals surface area contributed by atoms with Crippen molar-refractivity contribution in [3.8, 4) is 5.75 Å². The zero-order valence-electron chi connectivity index (χ0n) is 21.4. The van der Waals surface area contributed by atoms with Gasteiger partial charge in [-0.3, -0.25) is 9.59 Å². The number of amides is 3. The van der Waals surface area contributed by atoms with Crippen LogP contribution in [0.25, 0.3) is 0 Å². The van der Waals surface area contributed by atoms with E-state index < -0.39 is 18.0 Å². The number of anilines is 1. The van der Waals surface area contributed by atoms with Gasteiger partial charge in [0.2, 0.25) is 0 Å². The summed E-state index contributed by atoms with van der Waals surface area (Å²) < 4.78 is 10.8. The van der Waals surface area contributed by atoms with Crippen molar-refractivity contribution in [3.63, 3.8) is 0 Å². The van der Waals surface area contributed by atoms with Gasteiger partial charge in [0.1, 0.15) is 18.4 Å². The maximum Gasteiger partial charge on any atom is 0.408 e. The second-order valence-corrected chi connectivity index (χ2v) is 8.55. The van der Waals surface area contributed by atoms with Crippen molar-refractivity contribution in [3.05, 3.63) is 114 Å². The van der Waals surface area contributed by atoms with Gasteiger partial charge in [0, 0.05) is 24.0 Å². The summed E-state index contributed by atoms with van der Waals surface area (Å²) in [5, 5.41) is 9.32. The number of aromatic nitrogens is 2. The fourth-order valence-corrected chi connectivity index (χ4v) is 3.50. The molecule has 0 radical (unpaired) electrons. The van der Waals surface area contributed by atoms with Crippen molar-refractivity contribution in [2.45, 2.75) is 19.1 Å². The van der Waals surface area contributed by atoms with Crippen LogP contribution in [0.1, 0.15) is 16.8 Å². The van der Waals surface area contributed by atoms with Crippen LogP contribution in [0.15, 0.2) is 103 Å². The van der Waals surface area contributed by atoms with Crippen LogP contribution in [0.4, 0.5) is 10.5 Å². The molecule has 0 fully saturated rings. The lowest BCUT2D eigenvalue weighted by molar-refractivity contribution is -0.123. The van der Waals surface area contributed by atoms with E-state index in [2.05, 4.69) is 31.1 Å². The first-order chi connectivity index (χ1) is 19.5. The number of benzene rings is 3. The average molecular weight is 541 g/mol. The van der Waals surface area contributed by atoms with Crippen molar-refractivity contribution in [1.29, 1.82) is 0 Å². The van der Waals surface area contributed by atoms with Crippen LogP contribution in [-0.2, 0) is 27.4 Å². The third-order valence-corrected chi connectivity index (χ3v) is 5.50. The Bertz CT molecular complexity index is 1390. The van der Waals surface area contributed by atoms with Gasteiger partial charge in [0.25, 0.3) is 11.8 Å².